The summed E-state index contributed by atoms with van der Waals surface area (Å²) < 4.78 is 0. The summed E-state index contributed by atoms with van der Waals surface area (Å²) in [7, 11) is 0. The molecule has 1 atom stereocenters. The minimum absolute atomic E-state index is 0.115. The molecule has 3 rings (SSSR count). The number of nitrogens with one attached hydrogen (secondary N) is 1. The van der Waals surface area contributed by atoms with Gasteiger partial charge in [-0.15, -0.1) is 11.3 Å². The Kier molecular flexibility index (Phi) is 4.88. The maximum absolute atomic E-state index is 12.8. The molecule has 0 fully saturated rings. The van der Waals surface area contributed by atoms with Crippen molar-refractivity contribution in [1.82, 2.24) is 10.3 Å². The first-order valence-electron chi connectivity index (χ1n) is 8.33. The number of carbonyl (C=O) groups is 1. The quantitative estimate of drug-likeness (QED) is 0.744. The molecule has 1 aromatic heterocycles. The number of amides is 1. The van der Waals surface area contributed by atoms with Gasteiger partial charge in [0.2, 0.25) is 0 Å². The largest absolute Gasteiger partial charge is 0.343 e. The van der Waals surface area contributed by atoms with Gasteiger partial charge in [0.15, 0.2) is 0 Å². The zero-order valence-electron chi connectivity index (χ0n) is 14.7. The van der Waals surface area contributed by atoms with Crippen LogP contribution in [0.15, 0.2) is 48.0 Å². The number of rotatable bonds is 4. The van der Waals surface area contributed by atoms with E-state index in [2.05, 4.69) is 55.3 Å². The van der Waals surface area contributed by atoms with E-state index in [0.717, 1.165) is 16.6 Å². The van der Waals surface area contributed by atoms with Crippen molar-refractivity contribution in [3.05, 3.63) is 64.1 Å². The van der Waals surface area contributed by atoms with Gasteiger partial charge < -0.3 is 11.1 Å². The van der Waals surface area contributed by atoms with E-state index < -0.39 is 0 Å². The molecule has 0 aliphatic heterocycles. The van der Waals surface area contributed by atoms with Crippen molar-refractivity contribution >= 4 is 28.0 Å². The highest BCUT2D eigenvalue weighted by atomic mass is 32.1. The molecule has 130 valence electrons. The van der Waals surface area contributed by atoms with Crippen LogP contribution < -0.4 is 11.1 Å². The van der Waals surface area contributed by atoms with Crippen molar-refractivity contribution in [2.24, 2.45) is 5.73 Å². The van der Waals surface area contributed by atoms with E-state index in [1.807, 2.05) is 18.2 Å². The van der Waals surface area contributed by atoms with Gasteiger partial charge in [-0.3, -0.25) is 4.79 Å². The molecule has 3 N–H and O–H groups in total. The van der Waals surface area contributed by atoms with Crippen LogP contribution >= 0.6 is 11.3 Å². The van der Waals surface area contributed by atoms with Gasteiger partial charge in [0.25, 0.3) is 5.91 Å². The third kappa shape index (κ3) is 3.72. The predicted octanol–water partition coefficient (Wildman–Crippen LogP) is 4.02. The second kappa shape index (κ2) is 6.94. The van der Waals surface area contributed by atoms with E-state index in [1.165, 1.54) is 16.7 Å². The average molecular weight is 353 g/mol. The van der Waals surface area contributed by atoms with Crippen LogP contribution in [0.3, 0.4) is 0 Å². The highest BCUT2D eigenvalue weighted by molar-refractivity contribution is 7.11. The molecule has 2 aromatic carbocycles. The predicted molar refractivity (Wildman–Crippen MR) is 104 cm³/mol. The summed E-state index contributed by atoms with van der Waals surface area (Å²) in [5.41, 5.74) is 9.33. The summed E-state index contributed by atoms with van der Waals surface area (Å²) in [6, 6.07) is 14.1. The van der Waals surface area contributed by atoms with Crippen molar-refractivity contribution in [2.45, 2.75) is 32.2 Å². The first-order chi connectivity index (χ1) is 11.9. The number of fused-ring (bicyclic) bond motifs is 1. The van der Waals surface area contributed by atoms with E-state index in [1.54, 1.807) is 5.51 Å². The van der Waals surface area contributed by atoms with E-state index >= 15 is 0 Å². The number of thiazole rings is 1. The summed E-state index contributed by atoms with van der Waals surface area (Å²) in [6.07, 6.45) is 0. The van der Waals surface area contributed by atoms with Crippen LogP contribution in [0.2, 0.25) is 0 Å². The van der Waals surface area contributed by atoms with Gasteiger partial charge >= 0.3 is 0 Å². The van der Waals surface area contributed by atoms with Gasteiger partial charge in [-0.2, -0.15) is 0 Å². The highest BCUT2D eigenvalue weighted by Gasteiger charge is 2.26. The van der Waals surface area contributed by atoms with Gasteiger partial charge in [0.05, 0.1) is 17.2 Å². The maximum Gasteiger partial charge on any atom is 0.263 e. The molecule has 0 bridgehead atoms. The zero-order valence-corrected chi connectivity index (χ0v) is 15.6. The second-order valence-corrected chi connectivity index (χ2v) is 8.00. The number of nitrogens with zero attached hydrogens (tertiary/aromatic N) is 1. The molecule has 0 spiro atoms. The Morgan fingerprint density at radius 2 is 1.92 bits per heavy atom. The molecule has 4 nitrogen and oxygen atoms in total. The summed E-state index contributed by atoms with van der Waals surface area (Å²) in [5, 5.41) is 5.38. The topological polar surface area (TPSA) is 68.0 Å². The van der Waals surface area contributed by atoms with Crippen molar-refractivity contribution in [3.63, 3.8) is 0 Å². The van der Waals surface area contributed by atoms with Gasteiger partial charge in [-0.1, -0.05) is 57.2 Å². The molecule has 0 aliphatic carbocycles. The zero-order chi connectivity index (χ0) is 18.0. The summed E-state index contributed by atoms with van der Waals surface area (Å²) in [4.78, 5) is 17.8. The summed E-state index contributed by atoms with van der Waals surface area (Å²) >= 11 is 1.37. The Labute approximate surface area is 152 Å². The minimum atomic E-state index is -0.230. The maximum atomic E-state index is 12.8. The first-order valence-corrected chi connectivity index (χ1v) is 9.21. The highest BCUT2D eigenvalue weighted by Crippen LogP contribution is 2.28. The van der Waals surface area contributed by atoms with Gasteiger partial charge in [0.1, 0.15) is 4.88 Å². The van der Waals surface area contributed by atoms with Gasteiger partial charge in [-0.05, 0) is 22.4 Å². The third-order valence-corrected chi connectivity index (χ3v) is 5.03. The molecule has 3 aromatic rings. The molecule has 0 radical (unpaired) electrons. The van der Waals surface area contributed by atoms with Crippen molar-refractivity contribution in [2.75, 3.05) is 6.54 Å². The third-order valence-electron chi connectivity index (χ3n) is 4.20. The van der Waals surface area contributed by atoms with Crippen molar-refractivity contribution in [3.8, 4) is 0 Å². The lowest BCUT2D eigenvalue weighted by atomic mass is 9.91. The van der Waals surface area contributed by atoms with Crippen LogP contribution in [-0.4, -0.2) is 17.4 Å². The van der Waals surface area contributed by atoms with Gasteiger partial charge in [0, 0.05) is 12.0 Å². The molecule has 1 heterocycles. The molecule has 25 heavy (non-hydrogen) atoms. The fraction of sp³-hybridized carbons (Fsp3) is 0.300. The molecule has 0 saturated carbocycles. The fourth-order valence-corrected chi connectivity index (χ4v) is 3.77. The number of nitrogens with two attached hydrogens (primary N) is 1. The minimum Gasteiger partial charge on any atom is -0.343 e. The van der Waals surface area contributed by atoms with Gasteiger partial charge in [-0.25, -0.2) is 4.98 Å². The van der Waals surface area contributed by atoms with E-state index in [-0.39, 0.29) is 17.4 Å². The molecule has 1 unspecified atom stereocenters. The number of hydrogen-bond donors (Lipinski definition) is 2. The lowest BCUT2D eigenvalue weighted by molar-refractivity contribution is 0.0939. The monoisotopic (exact) mass is 353 g/mol. The number of hydrogen-bond acceptors (Lipinski definition) is 4. The summed E-state index contributed by atoms with van der Waals surface area (Å²) in [5.74, 6) is -0.115. The van der Waals surface area contributed by atoms with Crippen LogP contribution in [0.4, 0.5) is 0 Å². The molecular weight excluding hydrogens is 330 g/mol. The Morgan fingerprint density at radius 3 is 2.60 bits per heavy atom. The SMILES string of the molecule is CC(C)(C)c1ncsc1C(=O)NC(CN)c1ccc2ccccc2c1. The van der Waals surface area contributed by atoms with Crippen LogP contribution in [-0.2, 0) is 5.41 Å². The molecule has 0 aliphatic rings. The average Bonchev–Trinajstić information content (AvgIpc) is 3.09. The molecule has 0 saturated heterocycles. The molecular formula is C20H23N3OS. The number of aromatic nitrogens is 1. The lowest BCUT2D eigenvalue weighted by Gasteiger charge is -2.20. The lowest BCUT2D eigenvalue weighted by Crippen LogP contribution is -2.34. The Morgan fingerprint density at radius 1 is 1.20 bits per heavy atom. The molecule has 1 amide bonds. The van der Waals surface area contributed by atoms with E-state index in [4.69, 9.17) is 5.73 Å². The molecule has 5 heteroatoms. The van der Waals surface area contributed by atoms with Crippen molar-refractivity contribution < 1.29 is 4.79 Å². The van der Waals surface area contributed by atoms with E-state index in [0.29, 0.717) is 11.4 Å². The summed E-state index contributed by atoms with van der Waals surface area (Å²) in [6.45, 7) is 6.52. The standard InChI is InChI=1S/C20H23N3OS/c1-20(2,3)18-17(25-12-22-18)19(24)23-16(11-21)15-9-8-13-6-4-5-7-14(13)10-15/h4-10,12,16H,11,21H2,1-3H3,(H,23,24). The first kappa shape index (κ1) is 17.6. The Bertz CT molecular complexity index is 895. The van der Waals surface area contributed by atoms with Crippen LogP contribution in [0.1, 0.15) is 47.7 Å². The van der Waals surface area contributed by atoms with E-state index in [9.17, 15) is 4.79 Å². The number of benzene rings is 2. The smallest absolute Gasteiger partial charge is 0.263 e. The van der Waals surface area contributed by atoms with Crippen LogP contribution in [0.25, 0.3) is 10.8 Å². The normalized spacial score (nSPS) is 13.0. The second-order valence-electron chi connectivity index (χ2n) is 7.15. The van der Waals surface area contributed by atoms with Crippen LogP contribution in [0.5, 0.6) is 0 Å². The Hall–Kier alpha value is -2.24. The van der Waals surface area contributed by atoms with Crippen molar-refractivity contribution in [1.29, 1.82) is 0 Å². The van der Waals surface area contributed by atoms with Crippen LogP contribution in [0, 0.1) is 0 Å². The fourth-order valence-electron chi connectivity index (χ4n) is 2.87. The Balaban J connectivity index is 1.86. The number of carbonyl (C=O) groups excluding carboxylic acids is 1.